The van der Waals surface area contributed by atoms with Gasteiger partial charge in [0.05, 0.1) is 11.6 Å². The molecule has 2 aliphatic heterocycles. The molecule has 1 aromatic carbocycles. The van der Waals surface area contributed by atoms with E-state index in [0.717, 1.165) is 51.3 Å². The molecule has 2 aliphatic rings. The van der Waals surface area contributed by atoms with E-state index < -0.39 is 5.97 Å². The van der Waals surface area contributed by atoms with Crippen molar-refractivity contribution in [2.75, 3.05) is 19.6 Å². The maximum atomic E-state index is 13.7. The summed E-state index contributed by atoms with van der Waals surface area (Å²) < 4.78 is 2.17. The highest BCUT2D eigenvalue weighted by molar-refractivity contribution is 5.97. The Morgan fingerprint density at radius 1 is 1.00 bits per heavy atom. The van der Waals surface area contributed by atoms with Gasteiger partial charge in [-0.05, 0) is 68.1 Å². The van der Waals surface area contributed by atoms with Crippen molar-refractivity contribution in [3.8, 4) is 0 Å². The van der Waals surface area contributed by atoms with Crippen LogP contribution < -0.4 is 0 Å². The van der Waals surface area contributed by atoms with E-state index in [0.29, 0.717) is 12.1 Å². The van der Waals surface area contributed by atoms with Gasteiger partial charge in [-0.15, -0.1) is 0 Å². The van der Waals surface area contributed by atoms with Gasteiger partial charge in [0.2, 0.25) is 0 Å². The van der Waals surface area contributed by atoms with Crippen LogP contribution in [0.1, 0.15) is 57.4 Å². The predicted molar refractivity (Wildman–Crippen MR) is 126 cm³/mol. The summed E-state index contributed by atoms with van der Waals surface area (Å²) in [6.45, 7) is 4.23. The van der Waals surface area contributed by atoms with Crippen molar-refractivity contribution in [3.05, 3.63) is 83.7 Å². The Kier molecular flexibility index (Phi) is 6.40. The fraction of sp³-hybridized carbons (Fsp3) is 0.385. The molecule has 4 heterocycles. The molecule has 0 saturated carbocycles. The second-order valence-corrected chi connectivity index (χ2v) is 9.14. The molecule has 5 rings (SSSR count). The van der Waals surface area contributed by atoms with Crippen molar-refractivity contribution in [2.45, 2.75) is 38.4 Å². The van der Waals surface area contributed by atoms with Crippen LogP contribution in [0, 0.1) is 5.92 Å². The Labute approximate surface area is 198 Å². The number of carboxylic acid groups (broad SMARTS) is 1. The number of imidazole rings is 1. The molecule has 0 radical (unpaired) electrons. The van der Waals surface area contributed by atoms with Crippen LogP contribution in [0.15, 0.2) is 61.2 Å². The molecule has 34 heavy (non-hydrogen) atoms. The molecule has 0 spiro atoms. The molecule has 0 bridgehead atoms. The molecule has 1 unspecified atom stereocenters. The molecular formula is C26H29N5O3. The van der Waals surface area contributed by atoms with Crippen LogP contribution in [0.5, 0.6) is 0 Å². The average Bonchev–Trinajstić information content (AvgIpc) is 3.25. The minimum atomic E-state index is -1.03. The number of carboxylic acids is 1. The highest BCUT2D eigenvalue weighted by Gasteiger charge is 2.38. The Hall–Kier alpha value is -3.52. The Morgan fingerprint density at radius 3 is 2.59 bits per heavy atom. The normalized spacial score (nSPS) is 19.4. The molecule has 1 saturated heterocycles. The third-order valence-corrected chi connectivity index (χ3v) is 6.97. The van der Waals surface area contributed by atoms with Gasteiger partial charge in [0.1, 0.15) is 5.82 Å². The number of rotatable bonds is 5. The van der Waals surface area contributed by atoms with Crippen molar-refractivity contribution in [3.63, 3.8) is 0 Å². The van der Waals surface area contributed by atoms with E-state index in [1.54, 1.807) is 18.3 Å². The quantitative estimate of drug-likeness (QED) is 0.628. The number of aromatic nitrogens is 3. The van der Waals surface area contributed by atoms with Crippen LogP contribution >= 0.6 is 0 Å². The number of hydrogen-bond donors (Lipinski definition) is 1. The highest BCUT2D eigenvalue weighted by atomic mass is 16.4. The van der Waals surface area contributed by atoms with E-state index >= 15 is 0 Å². The molecule has 8 nitrogen and oxygen atoms in total. The number of fused-ring (bicyclic) bond motifs is 1. The lowest BCUT2D eigenvalue weighted by molar-refractivity contribution is 0.0500. The van der Waals surface area contributed by atoms with E-state index in [4.69, 9.17) is 0 Å². The standard InChI is InChI=1S/C26H29N5O3/c32-25(21-5-1-6-22(16-21)26(33)34)31-12-3-11-30-15-10-28-24(30)23(31)20-7-13-29(14-8-20)18-19-4-2-9-27-17-19/h1-2,4-6,9-10,15-17,20,23H,3,7-8,11-14,18H2,(H,33,34). The van der Waals surface area contributed by atoms with E-state index in [2.05, 4.69) is 25.5 Å². The summed E-state index contributed by atoms with van der Waals surface area (Å²) in [6.07, 6.45) is 10.3. The first-order chi connectivity index (χ1) is 16.6. The van der Waals surface area contributed by atoms with Gasteiger partial charge in [0, 0.05) is 50.0 Å². The number of piperidine rings is 1. The third kappa shape index (κ3) is 4.59. The summed E-state index contributed by atoms with van der Waals surface area (Å²) in [5, 5.41) is 9.39. The van der Waals surface area contributed by atoms with Crippen LogP contribution in [0.2, 0.25) is 0 Å². The number of aromatic carboxylic acids is 1. The van der Waals surface area contributed by atoms with Gasteiger partial charge < -0.3 is 14.6 Å². The second-order valence-electron chi connectivity index (χ2n) is 9.14. The smallest absolute Gasteiger partial charge is 0.335 e. The average molecular weight is 460 g/mol. The molecule has 1 fully saturated rings. The lowest BCUT2D eigenvalue weighted by Gasteiger charge is -2.40. The summed E-state index contributed by atoms with van der Waals surface area (Å²) in [4.78, 5) is 38.5. The summed E-state index contributed by atoms with van der Waals surface area (Å²) in [5.74, 6) is 0.0721. The number of carbonyl (C=O) groups excluding carboxylic acids is 1. The first-order valence-corrected chi connectivity index (χ1v) is 11.9. The topological polar surface area (TPSA) is 91.6 Å². The molecule has 1 N–H and O–H groups in total. The first-order valence-electron chi connectivity index (χ1n) is 11.9. The molecule has 1 amide bonds. The summed E-state index contributed by atoms with van der Waals surface area (Å²) in [5.41, 5.74) is 1.75. The van der Waals surface area contributed by atoms with Crippen molar-refractivity contribution in [1.29, 1.82) is 0 Å². The zero-order valence-corrected chi connectivity index (χ0v) is 19.1. The van der Waals surface area contributed by atoms with Crippen molar-refractivity contribution in [2.24, 2.45) is 5.92 Å². The molecular weight excluding hydrogens is 430 g/mol. The van der Waals surface area contributed by atoms with Gasteiger partial charge >= 0.3 is 5.97 Å². The number of nitrogens with zero attached hydrogens (tertiary/aromatic N) is 5. The molecule has 2 aromatic heterocycles. The number of aryl methyl sites for hydroxylation is 1. The number of hydrogen-bond acceptors (Lipinski definition) is 5. The van der Waals surface area contributed by atoms with Crippen LogP contribution in [-0.4, -0.2) is 61.0 Å². The molecule has 0 aliphatic carbocycles. The van der Waals surface area contributed by atoms with Gasteiger partial charge in [0.25, 0.3) is 5.91 Å². The molecule has 176 valence electrons. The number of pyridine rings is 1. The largest absolute Gasteiger partial charge is 0.478 e. The molecule has 1 atom stereocenters. The molecule has 3 aromatic rings. The van der Waals surface area contributed by atoms with Crippen LogP contribution in [-0.2, 0) is 13.1 Å². The lowest BCUT2D eigenvalue weighted by Crippen LogP contribution is -2.43. The summed E-state index contributed by atoms with van der Waals surface area (Å²) >= 11 is 0. The highest BCUT2D eigenvalue weighted by Crippen LogP contribution is 2.37. The van der Waals surface area contributed by atoms with Gasteiger partial charge in [-0.25, -0.2) is 9.78 Å². The fourth-order valence-electron chi connectivity index (χ4n) is 5.29. The van der Waals surface area contributed by atoms with E-state index in [-0.39, 0.29) is 23.4 Å². The summed E-state index contributed by atoms with van der Waals surface area (Å²) in [7, 11) is 0. The first kappa shape index (κ1) is 22.3. The van der Waals surface area contributed by atoms with Crippen molar-refractivity contribution in [1.82, 2.24) is 24.3 Å². The minimum absolute atomic E-state index is 0.123. The van der Waals surface area contributed by atoms with E-state index in [9.17, 15) is 14.7 Å². The van der Waals surface area contributed by atoms with Gasteiger partial charge in [0.15, 0.2) is 0 Å². The maximum Gasteiger partial charge on any atom is 0.335 e. The van der Waals surface area contributed by atoms with Gasteiger partial charge in [-0.1, -0.05) is 12.1 Å². The Balaban J connectivity index is 1.38. The Bertz CT molecular complexity index is 1150. The van der Waals surface area contributed by atoms with Gasteiger partial charge in [-0.2, -0.15) is 0 Å². The third-order valence-electron chi connectivity index (χ3n) is 6.97. The maximum absolute atomic E-state index is 13.7. The number of benzene rings is 1. The lowest BCUT2D eigenvalue weighted by atomic mass is 9.87. The number of amides is 1. The number of carbonyl (C=O) groups is 2. The minimum Gasteiger partial charge on any atom is -0.478 e. The van der Waals surface area contributed by atoms with Crippen LogP contribution in [0.25, 0.3) is 0 Å². The van der Waals surface area contributed by atoms with Crippen molar-refractivity contribution < 1.29 is 14.7 Å². The Morgan fingerprint density at radius 2 is 1.82 bits per heavy atom. The zero-order valence-electron chi connectivity index (χ0n) is 19.1. The van der Waals surface area contributed by atoms with Crippen LogP contribution in [0.3, 0.4) is 0 Å². The van der Waals surface area contributed by atoms with E-state index in [1.165, 1.54) is 17.7 Å². The molecule has 8 heteroatoms. The van der Waals surface area contributed by atoms with Gasteiger partial charge in [-0.3, -0.25) is 14.7 Å². The van der Waals surface area contributed by atoms with Crippen LogP contribution in [0.4, 0.5) is 0 Å². The van der Waals surface area contributed by atoms with E-state index in [1.807, 2.05) is 29.6 Å². The monoisotopic (exact) mass is 459 g/mol. The summed E-state index contributed by atoms with van der Waals surface area (Å²) in [6, 6.07) is 10.3. The predicted octanol–water partition coefficient (Wildman–Crippen LogP) is 3.48. The SMILES string of the molecule is O=C(O)c1cccc(C(=O)N2CCCn3ccnc3C2C2CCN(Cc3cccnc3)CC2)c1. The number of likely N-dealkylation sites (tertiary alicyclic amines) is 1. The second kappa shape index (κ2) is 9.77. The fourth-order valence-corrected chi connectivity index (χ4v) is 5.29. The van der Waals surface area contributed by atoms with Crippen molar-refractivity contribution >= 4 is 11.9 Å². The zero-order chi connectivity index (χ0) is 23.5.